The fraction of sp³-hybridized carbons (Fsp3) is 0.636. The van der Waals surface area contributed by atoms with Crippen molar-refractivity contribution >= 4 is 29.1 Å². The van der Waals surface area contributed by atoms with E-state index in [0.29, 0.717) is 13.0 Å². The highest BCUT2D eigenvalue weighted by molar-refractivity contribution is 6.53. The van der Waals surface area contributed by atoms with Crippen molar-refractivity contribution in [1.82, 2.24) is 14.9 Å². The summed E-state index contributed by atoms with van der Waals surface area (Å²) < 4.78 is 1.00. The van der Waals surface area contributed by atoms with Crippen LogP contribution in [0.2, 0.25) is 0 Å². The van der Waals surface area contributed by atoms with Crippen molar-refractivity contribution in [2.75, 3.05) is 0 Å². The van der Waals surface area contributed by atoms with Gasteiger partial charge in [-0.1, -0.05) is 0 Å². The summed E-state index contributed by atoms with van der Waals surface area (Å²) in [6.45, 7) is 4.40. The van der Waals surface area contributed by atoms with Crippen molar-refractivity contribution in [2.45, 2.75) is 37.2 Å². The molecule has 1 N–H and O–H groups in total. The van der Waals surface area contributed by atoms with Crippen LogP contribution in [0.1, 0.15) is 20.3 Å². The number of carbonyl (C=O) groups excluding carboxylic acids is 1. The maximum Gasteiger partial charge on any atom is 0.229 e. The monoisotopic (exact) mass is 275 g/mol. The molecule has 4 nitrogen and oxygen atoms in total. The zero-order valence-electron chi connectivity index (χ0n) is 9.78. The van der Waals surface area contributed by atoms with Gasteiger partial charge in [0.15, 0.2) is 0 Å². The Kier molecular flexibility index (Phi) is 3.12. The number of carbonyl (C=O) groups is 1. The lowest BCUT2D eigenvalue weighted by Gasteiger charge is -2.18. The Balaban J connectivity index is 1.88. The van der Waals surface area contributed by atoms with Crippen molar-refractivity contribution in [3.63, 3.8) is 0 Å². The quantitative estimate of drug-likeness (QED) is 0.855. The molecule has 1 aliphatic rings. The van der Waals surface area contributed by atoms with Crippen molar-refractivity contribution in [2.24, 2.45) is 5.41 Å². The molecule has 0 saturated heterocycles. The molecule has 0 radical (unpaired) electrons. The predicted molar refractivity (Wildman–Crippen MR) is 67.0 cm³/mol. The van der Waals surface area contributed by atoms with Crippen LogP contribution in [0.3, 0.4) is 0 Å². The molecule has 0 spiro atoms. The van der Waals surface area contributed by atoms with Gasteiger partial charge in [-0.05, 0) is 20.3 Å². The van der Waals surface area contributed by atoms with Gasteiger partial charge in [-0.2, -0.15) is 0 Å². The van der Waals surface area contributed by atoms with Gasteiger partial charge in [-0.3, -0.25) is 4.79 Å². The minimum Gasteiger partial charge on any atom is -0.351 e. The van der Waals surface area contributed by atoms with Crippen LogP contribution in [0, 0.1) is 5.41 Å². The summed E-state index contributed by atoms with van der Waals surface area (Å²) >= 11 is 11.9. The van der Waals surface area contributed by atoms with Crippen molar-refractivity contribution in [3.8, 4) is 0 Å². The second-order valence-corrected chi connectivity index (χ2v) is 6.33. The molecule has 1 heterocycles. The predicted octanol–water partition coefficient (Wildman–Crippen LogP) is 1.97. The van der Waals surface area contributed by atoms with Crippen molar-refractivity contribution in [1.29, 1.82) is 0 Å². The smallest absolute Gasteiger partial charge is 0.229 e. The average molecular weight is 276 g/mol. The molecule has 0 aromatic carbocycles. The van der Waals surface area contributed by atoms with Crippen LogP contribution in [-0.4, -0.2) is 25.8 Å². The zero-order chi connectivity index (χ0) is 12.7. The van der Waals surface area contributed by atoms with Crippen LogP contribution in [0.25, 0.3) is 0 Å². The summed E-state index contributed by atoms with van der Waals surface area (Å²) in [7, 11) is 0. The van der Waals surface area contributed by atoms with Gasteiger partial charge in [0, 0.05) is 25.0 Å². The topological polar surface area (TPSA) is 46.9 Å². The maximum absolute atomic E-state index is 12.0. The molecule has 94 valence electrons. The first kappa shape index (κ1) is 12.7. The SMILES string of the molecule is C[C@H](Cn1ccnc1)NC(=O)[C@]1(C)CC1(Cl)Cl. The lowest BCUT2D eigenvalue weighted by Crippen LogP contribution is -2.41. The molecule has 1 amide bonds. The third kappa shape index (κ3) is 2.43. The minimum atomic E-state index is -0.911. The molecule has 1 aromatic rings. The minimum absolute atomic E-state index is 0.0123. The molecule has 0 unspecified atom stereocenters. The van der Waals surface area contributed by atoms with Crippen LogP contribution in [-0.2, 0) is 11.3 Å². The Morgan fingerprint density at radius 3 is 2.76 bits per heavy atom. The Morgan fingerprint density at radius 1 is 1.65 bits per heavy atom. The van der Waals surface area contributed by atoms with E-state index in [1.54, 1.807) is 19.4 Å². The lowest BCUT2D eigenvalue weighted by molar-refractivity contribution is -0.126. The number of hydrogen-bond donors (Lipinski definition) is 1. The van der Waals surface area contributed by atoms with Crippen molar-refractivity contribution in [3.05, 3.63) is 18.7 Å². The van der Waals surface area contributed by atoms with E-state index in [4.69, 9.17) is 23.2 Å². The molecule has 1 aliphatic carbocycles. The first-order valence-corrected chi connectivity index (χ1v) is 6.25. The molecule has 6 heteroatoms. The standard InChI is InChI=1S/C11H15Cl2N3O/c1-8(5-16-4-3-14-7-16)15-9(17)10(2)6-11(10,12)13/h3-4,7-8H,5-6H2,1-2H3,(H,15,17)/t8-,10+/m1/s1. The van der Waals surface area contributed by atoms with Crippen molar-refractivity contribution < 1.29 is 4.79 Å². The highest BCUT2D eigenvalue weighted by atomic mass is 35.5. The van der Waals surface area contributed by atoms with Gasteiger partial charge in [0.1, 0.15) is 4.33 Å². The molecular weight excluding hydrogens is 261 g/mol. The number of halogens is 2. The summed E-state index contributed by atoms with van der Waals surface area (Å²) in [5.74, 6) is -0.0879. The molecule has 0 bridgehead atoms. The summed E-state index contributed by atoms with van der Waals surface area (Å²) in [5.41, 5.74) is -0.653. The average Bonchev–Trinajstić information content (AvgIpc) is 2.64. The highest BCUT2D eigenvalue weighted by Crippen LogP contribution is 2.63. The summed E-state index contributed by atoms with van der Waals surface area (Å²) in [6.07, 6.45) is 5.79. The first-order valence-electron chi connectivity index (χ1n) is 5.50. The van der Waals surface area contributed by atoms with E-state index in [9.17, 15) is 4.79 Å². The van der Waals surface area contributed by atoms with E-state index in [1.165, 1.54) is 0 Å². The first-order chi connectivity index (χ1) is 7.85. The third-order valence-corrected chi connectivity index (χ3v) is 4.28. The fourth-order valence-corrected chi connectivity index (χ4v) is 2.49. The largest absolute Gasteiger partial charge is 0.351 e. The van der Waals surface area contributed by atoms with Crippen LogP contribution < -0.4 is 5.32 Å². The number of hydrogen-bond acceptors (Lipinski definition) is 2. The van der Waals surface area contributed by atoms with Gasteiger partial charge in [0.05, 0.1) is 11.7 Å². The van der Waals surface area contributed by atoms with Gasteiger partial charge in [0.2, 0.25) is 5.91 Å². The molecule has 1 aromatic heterocycles. The van der Waals surface area contributed by atoms with Crippen LogP contribution in [0.5, 0.6) is 0 Å². The number of imidazole rings is 1. The van der Waals surface area contributed by atoms with Crippen LogP contribution >= 0.6 is 23.2 Å². The van der Waals surface area contributed by atoms with E-state index >= 15 is 0 Å². The number of alkyl halides is 2. The van der Waals surface area contributed by atoms with Crippen LogP contribution in [0.4, 0.5) is 0 Å². The van der Waals surface area contributed by atoms with Gasteiger partial charge < -0.3 is 9.88 Å². The summed E-state index contributed by atoms with van der Waals surface area (Å²) in [5, 5.41) is 2.92. The number of aromatic nitrogens is 2. The van der Waals surface area contributed by atoms with Crippen LogP contribution in [0.15, 0.2) is 18.7 Å². The third-order valence-electron chi connectivity index (χ3n) is 3.18. The second-order valence-electron chi connectivity index (χ2n) is 4.85. The summed E-state index contributed by atoms with van der Waals surface area (Å²) in [6, 6.07) is 0.0123. The molecule has 17 heavy (non-hydrogen) atoms. The van der Waals surface area contributed by atoms with Gasteiger partial charge in [-0.15, -0.1) is 23.2 Å². The Labute approximate surface area is 110 Å². The number of nitrogens with zero attached hydrogens (tertiary/aromatic N) is 2. The lowest BCUT2D eigenvalue weighted by atomic mass is 10.1. The van der Waals surface area contributed by atoms with Gasteiger partial charge in [0.25, 0.3) is 0 Å². The normalized spacial score (nSPS) is 27.5. The van der Waals surface area contributed by atoms with E-state index in [0.717, 1.165) is 0 Å². The van der Waals surface area contributed by atoms with E-state index in [1.807, 2.05) is 17.7 Å². The van der Waals surface area contributed by atoms with E-state index < -0.39 is 9.75 Å². The maximum atomic E-state index is 12.0. The molecule has 1 fully saturated rings. The molecule has 2 atom stereocenters. The number of amides is 1. The Morgan fingerprint density at radius 2 is 2.29 bits per heavy atom. The Hall–Kier alpha value is -0.740. The number of nitrogens with one attached hydrogen (secondary N) is 1. The Bertz CT molecular complexity index is 418. The van der Waals surface area contributed by atoms with Gasteiger partial charge >= 0.3 is 0 Å². The highest BCUT2D eigenvalue weighted by Gasteiger charge is 2.67. The molecule has 2 rings (SSSR count). The summed E-state index contributed by atoms with van der Waals surface area (Å²) in [4.78, 5) is 15.9. The second kappa shape index (κ2) is 4.18. The molecular formula is C11H15Cl2N3O. The molecule has 0 aliphatic heterocycles. The number of rotatable bonds is 4. The zero-order valence-corrected chi connectivity index (χ0v) is 11.3. The molecule has 1 saturated carbocycles. The van der Waals surface area contributed by atoms with E-state index in [-0.39, 0.29) is 11.9 Å². The van der Waals surface area contributed by atoms with Gasteiger partial charge in [-0.25, -0.2) is 4.98 Å². The van der Waals surface area contributed by atoms with E-state index in [2.05, 4.69) is 10.3 Å². The fourth-order valence-electron chi connectivity index (χ4n) is 1.79.